The van der Waals surface area contributed by atoms with E-state index in [9.17, 15) is 4.79 Å². The molecule has 2 aliphatic heterocycles. The molecule has 2 heterocycles. The molecule has 31 heavy (non-hydrogen) atoms. The smallest absolute Gasteiger partial charge is 0.232 e. The summed E-state index contributed by atoms with van der Waals surface area (Å²) >= 11 is 0. The quantitative estimate of drug-likeness (QED) is 0.720. The standard InChI is InChI=1S/C27H35N3O/c31-27-24(25-19-23(11-12-26(25)28-27)22-9-5-2-6-10-22)13-14-29-15-17-30(18-16-29)20-21-7-3-1-4-8-21/h1,3-4,7-8,11-12,19,22,24H,2,5-6,9-10,13-18,20H2,(H,28,31). The maximum atomic E-state index is 12.7. The summed E-state index contributed by atoms with van der Waals surface area (Å²) in [4.78, 5) is 17.8. The van der Waals surface area contributed by atoms with Crippen molar-refractivity contribution in [3.63, 3.8) is 0 Å². The fraction of sp³-hybridized carbons (Fsp3) is 0.519. The third kappa shape index (κ3) is 4.86. The molecule has 0 bridgehead atoms. The van der Waals surface area contributed by atoms with Crippen molar-refractivity contribution in [1.82, 2.24) is 9.80 Å². The van der Waals surface area contributed by atoms with Gasteiger partial charge in [0.05, 0.1) is 5.92 Å². The largest absolute Gasteiger partial charge is 0.325 e. The van der Waals surface area contributed by atoms with Crippen LogP contribution in [0.3, 0.4) is 0 Å². The number of benzene rings is 2. The Morgan fingerprint density at radius 3 is 2.39 bits per heavy atom. The van der Waals surface area contributed by atoms with Crippen LogP contribution in [0.4, 0.5) is 5.69 Å². The van der Waals surface area contributed by atoms with Gasteiger partial charge in [0, 0.05) is 38.4 Å². The number of carbonyl (C=O) groups is 1. The number of nitrogens with zero attached hydrogens (tertiary/aromatic N) is 2. The van der Waals surface area contributed by atoms with Crippen LogP contribution >= 0.6 is 0 Å². The lowest BCUT2D eigenvalue weighted by atomic mass is 9.82. The van der Waals surface area contributed by atoms with E-state index in [-0.39, 0.29) is 11.8 Å². The van der Waals surface area contributed by atoms with E-state index in [4.69, 9.17) is 0 Å². The Labute approximate surface area is 186 Å². The van der Waals surface area contributed by atoms with Crippen molar-refractivity contribution < 1.29 is 4.79 Å². The second-order valence-corrected chi connectivity index (χ2v) is 9.62. The highest BCUT2D eigenvalue weighted by molar-refractivity contribution is 6.02. The van der Waals surface area contributed by atoms with Gasteiger partial charge in [-0.05, 0) is 54.5 Å². The van der Waals surface area contributed by atoms with Crippen LogP contribution in [0.1, 0.15) is 67.1 Å². The summed E-state index contributed by atoms with van der Waals surface area (Å²) in [6.07, 6.45) is 7.60. The molecule has 1 aliphatic carbocycles. The summed E-state index contributed by atoms with van der Waals surface area (Å²) in [5, 5.41) is 3.13. The summed E-state index contributed by atoms with van der Waals surface area (Å²) < 4.78 is 0. The Hall–Kier alpha value is -2.17. The summed E-state index contributed by atoms with van der Waals surface area (Å²) in [7, 11) is 0. The van der Waals surface area contributed by atoms with E-state index in [0.29, 0.717) is 5.92 Å². The Morgan fingerprint density at radius 2 is 1.61 bits per heavy atom. The molecule has 0 aromatic heterocycles. The second-order valence-electron chi connectivity index (χ2n) is 9.62. The van der Waals surface area contributed by atoms with Gasteiger partial charge in [-0.2, -0.15) is 0 Å². The minimum Gasteiger partial charge on any atom is -0.325 e. The predicted octanol–water partition coefficient (Wildman–Crippen LogP) is 4.98. The first kappa shape index (κ1) is 20.7. The van der Waals surface area contributed by atoms with E-state index in [2.05, 4.69) is 63.6 Å². The number of hydrogen-bond acceptors (Lipinski definition) is 3. The summed E-state index contributed by atoms with van der Waals surface area (Å²) in [5.74, 6) is 0.896. The zero-order valence-electron chi connectivity index (χ0n) is 18.6. The van der Waals surface area contributed by atoms with Crippen molar-refractivity contribution in [3.05, 3.63) is 65.2 Å². The molecule has 0 spiro atoms. The lowest BCUT2D eigenvalue weighted by Gasteiger charge is -2.35. The summed E-state index contributed by atoms with van der Waals surface area (Å²) in [6, 6.07) is 17.5. The van der Waals surface area contributed by atoms with Crippen LogP contribution in [0, 0.1) is 0 Å². The SMILES string of the molecule is O=C1Nc2ccc(C3CCCCC3)cc2C1CCN1CCN(Cc2ccccc2)CC1. The number of amides is 1. The van der Waals surface area contributed by atoms with E-state index in [1.807, 2.05) is 0 Å². The molecule has 1 amide bonds. The van der Waals surface area contributed by atoms with Crippen LogP contribution in [-0.2, 0) is 11.3 Å². The molecule has 164 valence electrons. The molecule has 3 aliphatic rings. The summed E-state index contributed by atoms with van der Waals surface area (Å²) in [5.41, 5.74) is 5.14. The molecule has 4 heteroatoms. The second kappa shape index (κ2) is 9.54. The van der Waals surface area contributed by atoms with Crippen molar-refractivity contribution in [2.24, 2.45) is 0 Å². The van der Waals surface area contributed by atoms with E-state index >= 15 is 0 Å². The van der Waals surface area contributed by atoms with Crippen LogP contribution in [0.25, 0.3) is 0 Å². The van der Waals surface area contributed by atoms with Gasteiger partial charge in [0.2, 0.25) is 5.91 Å². The Balaban J connectivity index is 1.16. The molecule has 1 N–H and O–H groups in total. The third-order valence-corrected chi connectivity index (χ3v) is 7.55. The Morgan fingerprint density at radius 1 is 0.871 bits per heavy atom. The van der Waals surface area contributed by atoms with Gasteiger partial charge in [-0.3, -0.25) is 9.69 Å². The van der Waals surface area contributed by atoms with Crippen molar-refractivity contribution in [2.45, 2.75) is 56.9 Å². The zero-order valence-corrected chi connectivity index (χ0v) is 18.6. The van der Waals surface area contributed by atoms with E-state index < -0.39 is 0 Å². The van der Waals surface area contributed by atoms with Gasteiger partial charge < -0.3 is 10.2 Å². The van der Waals surface area contributed by atoms with Gasteiger partial charge in [-0.1, -0.05) is 61.7 Å². The number of anilines is 1. The van der Waals surface area contributed by atoms with Crippen LogP contribution in [0.5, 0.6) is 0 Å². The molecule has 2 fully saturated rings. The van der Waals surface area contributed by atoms with Gasteiger partial charge in [0.15, 0.2) is 0 Å². The lowest BCUT2D eigenvalue weighted by Crippen LogP contribution is -2.46. The zero-order chi connectivity index (χ0) is 21.0. The average Bonchev–Trinajstić information content (AvgIpc) is 3.14. The number of nitrogens with one attached hydrogen (secondary N) is 1. The van der Waals surface area contributed by atoms with Gasteiger partial charge in [0.1, 0.15) is 0 Å². The van der Waals surface area contributed by atoms with Crippen molar-refractivity contribution in [2.75, 3.05) is 38.0 Å². The maximum Gasteiger partial charge on any atom is 0.232 e. The Bertz CT molecular complexity index is 883. The highest BCUT2D eigenvalue weighted by Gasteiger charge is 2.32. The van der Waals surface area contributed by atoms with Crippen LogP contribution in [0.15, 0.2) is 48.5 Å². The average molecular weight is 418 g/mol. The Kier molecular flexibility index (Phi) is 6.37. The highest BCUT2D eigenvalue weighted by atomic mass is 16.2. The third-order valence-electron chi connectivity index (χ3n) is 7.55. The van der Waals surface area contributed by atoms with Crippen molar-refractivity contribution >= 4 is 11.6 Å². The molecular weight excluding hydrogens is 382 g/mol. The molecule has 1 unspecified atom stereocenters. The van der Waals surface area contributed by atoms with Crippen LogP contribution in [0.2, 0.25) is 0 Å². The fourth-order valence-corrected chi connectivity index (χ4v) is 5.65. The highest BCUT2D eigenvalue weighted by Crippen LogP contribution is 2.39. The maximum absolute atomic E-state index is 12.7. The predicted molar refractivity (Wildman–Crippen MR) is 126 cm³/mol. The van der Waals surface area contributed by atoms with Crippen LogP contribution < -0.4 is 5.32 Å². The number of fused-ring (bicyclic) bond motifs is 1. The minimum absolute atomic E-state index is 0.0147. The molecule has 5 rings (SSSR count). The number of hydrogen-bond donors (Lipinski definition) is 1. The summed E-state index contributed by atoms with van der Waals surface area (Å²) in [6.45, 7) is 6.44. The molecule has 4 nitrogen and oxygen atoms in total. The van der Waals surface area contributed by atoms with Gasteiger partial charge in [0.25, 0.3) is 0 Å². The molecule has 1 saturated heterocycles. The van der Waals surface area contributed by atoms with E-state index in [1.54, 1.807) is 0 Å². The molecule has 1 saturated carbocycles. The van der Waals surface area contributed by atoms with Crippen molar-refractivity contribution in [3.8, 4) is 0 Å². The van der Waals surface area contributed by atoms with E-state index in [0.717, 1.165) is 51.4 Å². The number of carbonyl (C=O) groups excluding carboxylic acids is 1. The molecule has 1 atom stereocenters. The molecule has 2 aromatic rings. The van der Waals surface area contributed by atoms with Gasteiger partial charge in [-0.15, -0.1) is 0 Å². The lowest BCUT2D eigenvalue weighted by molar-refractivity contribution is -0.117. The van der Waals surface area contributed by atoms with Crippen molar-refractivity contribution in [1.29, 1.82) is 0 Å². The molecular formula is C27H35N3O. The first-order valence-corrected chi connectivity index (χ1v) is 12.2. The number of rotatable bonds is 6. The fourth-order valence-electron chi connectivity index (χ4n) is 5.65. The normalized spacial score (nSPS) is 23.0. The van der Waals surface area contributed by atoms with Gasteiger partial charge >= 0.3 is 0 Å². The topological polar surface area (TPSA) is 35.6 Å². The minimum atomic E-state index is 0.0147. The monoisotopic (exact) mass is 417 g/mol. The van der Waals surface area contributed by atoms with E-state index in [1.165, 1.54) is 48.8 Å². The molecule has 2 aromatic carbocycles. The number of piperazine rings is 1. The van der Waals surface area contributed by atoms with Crippen LogP contribution in [-0.4, -0.2) is 48.4 Å². The molecule has 0 radical (unpaired) electrons. The first-order chi connectivity index (χ1) is 15.3. The van der Waals surface area contributed by atoms with Gasteiger partial charge in [-0.25, -0.2) is 0 Å². The first-order valence-electron chi connectivity index (χ1n) is 12.2.